The van der Waals surface area contributed by atoms with Crippen molar-refractivity contribution in [2.24, 2.45) is 5.92 Å². The molecule has 37 heavy (non-hydrogen) atoms. The largest absolute Gasteiger partial charge is 0.416 e. The smallest absolute Gasteiger partial charge is 0.346 e. The van der Waals surface area contributed by atoms with Crippen LogP contribution in [0.4, 0.5) is 13.2 Å². The number of hydrogen-bond acceptors (Lipinski definition) is 6. The van der Waals surface area contributed by atoms with E-state index < -0.39 is 21.6 Å². The number of nitrogens with one attached hydrogen (secondary N) is 1. The molecule has 1 atom stereocenters. The van der Waals surface area contributed by atoms with E-state index in [1.54, 1.807) is 19.1 Å². The Bertz CT molecular complexity index is 1370. The number of carbonyl (C=O) groups is 1. The minimum atomic E-state index is -4.36. The Kier molecular flexibility index (Phi) is 7.77. The summed E-state index contributed by atoms with van der Waals surface area (Å²) in [6.45, 7) is 6.99. The maximum atomic E-state index is 12.9. The summed E-state index contributed by atoms with van der Waals surface area (Å²) in [6.07, 6.45) is -4.36. The monoisotopic (exact) mass is 551 g/mol. The predicted octanol–water partition coefficient (Wildman–Crippen LogP) is 5.60. The van der Waals surface area contributed by atoms with Crippen molar-refractivity contribution in [2.75, 3.05) is 5.75 Å². The van der Waals surface area contributed by atoms with Crippen LogP contribution in [0.15, 0.2) is 53.4 Å². The van der Waals surface area contributed by atoms with Gasteiger partial charge in [0.25, 0.3) is 5.91 Å². The highest BCUT2D eigenvalue weighted by Crippen LogP contribution is 2.42. The quantitative estimate of drug-likeness (QED) is 0.394. The molecule has 0 aliphatic carbocycles. The molecular formula is C26H28F3N3O3S2. The summed E-state index contributed by atoms with van der Waals surface area (Å²) < 4.78 is 62.6. The fraction of sp³-hybridized carbons (Fsp3) is 0.385. The number of benzene rings is 2. The zero-order chi connectivity index (χ0) is 27.0. The molecule has 0 fully saturated rings. The molecule has 2 heterocycles. The normalized spacial score (nSPS) is 16.2. The topological polar surface area (TPSA) is 79.4 Å². The van der Waals surface area contributed by atoms with Crippen molar-refractivity contribution in [3.8, 4) is 0 Å². The third-order valence-corrected chi connectivity index (χ3v) is 9.16. The molecule has 6 nitrogen and oxygen atoms in total. The van der Waals surface area contributed by atoms with E-state index in [2.05, 4.69) is 29.0 Å². The van der Waals surface area contributed by atoms with Crippen LogP contribution in [0, 0.1) is 5.92 Å². The molecule has 0 radical (unpaired) electrons. The average Bonchev–Trinajstić information content (AvgIpc) is 3.40. The Labute approximate surface area is 218 Å². The maximum absolute atomic E-state index is 12.9. The van der Waals surface area contributed by atoms with Gasteiger partial charge in [0.1, 0.15) is 0 Å². The number of fused-ring (bicyclic) bond motifs is 1. The standard InChI is InChI=1S/C26H28F3N3O3S2/c1-4-37(34,35)20-11-7-17(8-12-20)13-30-24(33)25-31-22-21(36-25)15-32(23(22)16(2)3)14-18-5-9-19(10-6-18)26(27,28)29/h5-12,16,23H,4,13-15H2,1-3H3,(H,30,33)/t23-/m0/s1. The number of alkyl halides is 3. The molecule has 1 aromatic heterocycles. The summed E-state index contributed by atoms with van der Waals surface area (Å²) in [5.41, 5.74) is 1.72. The van der Waals surface area contributed by atoms with Crippen molar-refractivity contribution < 1.29 is 26.4 Å². The van der Waals surface area contributed by atoms with Gasteiger partial charge in [-0.2, -0.15) is 13.2 Å². The van der Waals surface area contributed by atoms with Gasteiger partial charge < -0.3 is 5.32 Å². The number of aromatic nitrogens is 1. The van der Waals surface area contributed by atoms with Gasteiger partial charge in [0.15, 0.2) is 14.8 Å². The second-order valence-corrected chi connectivity index (χ2v) is 12.7. The maximum Gasteiger partial charge on any atom is 0.416 e. The molecule has 1 amide bonds. The highest BCUT2D eigenvalue weighted by Gasteiger charge is 2.37. The van der Waals surface area contributed by atoms with Gasteiger partial charge in [-0.15, -0.1) is 11.3 Å². The third-order valence-electron chi connectivity index (χ3n) is 6.36. The van der Waals surface area contributed by atoms with Crippen molar-refractivity contribution in [2.45, 2.75) is 57.5 Å². The van der Waals surface area contributed by atoms with E-state index in [1.807, 2.05) is 0 Å². The molecule has 1 N–H and O–H groups in total. The van der Waals surface area contributed by atoms with E-state index in [0.717, 1.165) is 33.8 Å². The number of amides is 1. The summed E-state index contributed by atoms with van der Waals surface area (Å²) in [7, 11) is -3.28. The first-order valence-electron chi connectivity index (χ1n) is 11.9. The second-order valence-electron chi connectivity index (χ2n) is 9.35. The lowest BCUT2D eigenvalue weighted by Crippen LogP contribution is -2.27. The van der Waals surface area contributed by atoms with E-state index in [1.165, 1.54) is 35.6 Å². The molecule has 0 bridgehead atoms. The van der Waals surface area contributed by atoms with Crippen LogP contribution >= 0.6 is 11.3 Å². The van der Waals surface area contributed by atoms with Crippen LogP contribution < -0.4 is 5.32 Å². The first kappa shape index (κ1) is 27.3. The average molecular weight is 552 g/mol. The molecule has 0 saturated carbocycles. The van der Waals surface area contributed by atoms with Crippen LogP contribution in [-0.4, -0.2) is 30.0 Å². The number of hydrogen-bond donors (Lipinski definition) is 1. The Morgan fingerprint density at radius 2 is 1.73 bits per heavy atom. The number of thiazole rings is 1. The predicted molar refractivity (Wildman–Crippen MR) is 136 cm³/mol. The van der Waals surface area contributed by atoms with Crippen LogP contribution in [0.3, 0.4) is 0 Å². The molecule has 2 aromatic carbocycles. The molecular weight excluding hydrogens is 523 g/mol. The first-order valence-corrected chi connectivity index (χ1v) is 14.4. The number of rotatable bonds is 8. The lowest BCUT2D eigenvalue weighted by Gasteiger charge is -2.27. The summed E-state index contributed by atoms with van der Waals surface area (Å²) in [4.78, 5) is 20.8. The van der Waals surface area contributed by atoms with Crippen molar-refractivity contribution in [3.05, 3.63) is 80.8 Å². The lowest BCUT2D eigenvalue weighted by molar-refractivity contribution is -0.137. The Morgan fingerprint density at radius 1 is 1.11 bits per heavy atom. The number of halogens is 3. The fourth-order valence-electron chi connectivity index (χ4n) is 4.43. The van der Waals surface area contributed by atoms with Crippen molar-refractivity contribution in [1.29, 1.82) is 0 Å². The number of carbonyl (C=O) groups excluding carboxylic acids is 1. The van der Waals surface area contributed by atoms with Crippen LogP contribution in [0.25, 0.3) is 0 Å². The minimum absolute atomic E-state index is 0.0247. The minimum Gasteiger partial charge on any atom is -0.346 e. The fourth-order valence-corrected chi connectivity index (χ4v) is 6.35. The van der Waals surface area contributed by atoms with E-state index in [0.29, 0.717) is 18.1 Å². The lowest BCUT2D eigenvalue weighted by atomic mass is 10.0. The Hall–Kier alpha value is -2.76. The van der Waals surface area contributed by atoms with Crippen LogP contribution in [0.1, 0.15) is 63.9 Å². The highest BCUT2D eigenvalue weighted by molar-refractivity contribution is 7.91. The van der Waals surface area contributed by atoms with Crippen LogP contribution in [0.5, 0.6) is 0 Å². The molecule has 11 heteroatoms. The molecule has 4 rings (SSSR count). The van der Waals surface area contributed by atoms with Crippen molar-refractivity contribution in [3.63, 3.8) is 0 Å². The number of nitrogens with zero attached hydrogens (tertiary/aromatic N) is 2. The van der Waals surface area contributed by atoms with E-state index in [-0.39, 0.29) is 35.1 Å². The highest BCUT2D eigenvalue weighted by atomic mass is 32.2. The van der Waals surface area contributed by atoms with Gasteiger partial charge in [-0.1, -0.05) is 45.0 Å². The zero-order valence-corrected chi connectivity index (χ0v) is 22.3. The summed E-state index contributed by atoms with van der Waals surface area (Å²) in [5, 5.41) is 3.20. The first-order chi connectivity index (χ1) is 17.4. The SMILES string of the molecule is CCS(=O)(=O)c1ccc(CNC(=O)c2nc3c(s2)CN(Cc2ccc(C(F)(F)F)cc2)[C@H]3C(C)C)cc1. The molecule has 198 valence electrons. The Morgan fingerprint density at radius 3 is 2.30 bits per heavy atom. The zero-order valence-electron chi connectivity index (χ0n) is 20.7. The summed E-state index contributed by atoms with van der Waals surface area (Å²) >= 11 is 1.32. The van der Waals surface area contributed by atoms with Gasteiger partial charge in [-0.3, -0.25) is 9.69 Å². The van der Waals surface area contributed by atoms with Gasteiger partial charge in [0, 0.05) is 24.5 Å². The van der Waals surface area contributed by atoms with E-state index in [9.17, 15) is 26.4 Å². The van der Waals surface area contributed by atoms with E-state index >= 15 is 0 Å². The van der Waals surface area contributed by atoms with Gasteiger partial charge in [0.2, 0.25) is 0 Å². The summed E-state index contributed by atoms with van der Waals surface area (Å²) in [5.74, 6) is -0.0928. The van der Waals surface area contributed by atoms with Crippen molar-refractivity contribution in [1.82, 2.24) is 15.2 Å². The van der Waals surface area contributed by atoms with Gasteiger partial charge >= 0.3 is 6.18 Å². The van der Waals surface area contributed by atoms with Gasteiger partial charge in [0.05, 0.1) is 27.9 Å². The number of sulfone groups is 1. The molecule has 1 aliphatic rings. The summed E-state index contributed by atoms with van der Waals surface area (Å²) in [6, 6.07) is 11.6. The Balaban J connectivity index is 1.41. The van der Waals surface area contributed by atoms with Crippen molar-refractivity contribution >= 4 is 27.1 Å². The van der Waals surface area contributed by atoms with Crippen LogP contribution in [0.2, 0.25) is 0 Å². The molecule has 1 aliphatic heterocycles. The second kappa shape index (κ2) is 10.5. The van der Waals surface area contributed by atoms with Gasteiger partial charge in [-0.25, -0.2) is 13.4 Å². The molecule has 0 spiro atoms. The van der Waals surface area contributed by atoms with E-state index in [4.69, 9.17) is 0 Å². The van der Waals surface area contributed by atoms with Crippen LogP contribution in [-0.2, 0) is 35.6 Å². The molecule has 3 aromatic rings. The molecule has 0 unspecified atom stereocenters. The molecule has 0 saturated heterocycles. The van der Waals surface area contributed by atoms with Gasteiger partial charge in [-0.05, 0) is 41.3 Å². The third kappa shape index (κ3) is 6.05.